The number of hydrogen-bond acceptors (Lipinski definition) is 1. The van der Waals surface area contributed by atoms with E-state index in [0.29, 0.717) is 16.6 Å². The van der Waals surface area contributed by atoms with E-state index in [-0.39, 0.29) is 11.7 Å². The quantitative estimate of drug-likeness (QED) is 0.735. The van der Waals surface area contributed by atoms with Crippen molar-refractivity contribution in [2.45, 2.75) is 6.54 Å². The Morgan fingerprint density at radius 3 is 2.40 bits per heavy atom. The van der Waals surface area contributed by atoms with Crippen molar-refractivity contribution in [2.24, 2.45) is 0 Å². The van der Waals surface area contributed by atoms with Crippen LogP contribution in [0, 0.1) is 5.82 Å². The number of hydrogen-bond donors (Lipinski definition) is 0. The molecular formula is C15H12Br2FNO. The van der Waals surface area contributed by atoms with Gasteiger partial charge in [-0.3, -0.25) is 4.79 Å². The zero-order valence-electron chi connectivity index (χ0n) is 10.7. The largest absolute Gasteiger partial charge is 0.337 e. The molecule has 0 spiro atoms. The Balaban J connectivity index is 2.14. The highest BCUT2D eigenvalue weighted by Crippen LogP contribution is 2.20. The topological polar surface area (TPSA) is 20.3 Å². The number of rotatable bonds is 3. The van der Waals surface area contributed by atoms with E-state index >= 15 is 0 Å². The first-order valence-corrected chi connectivity index (χ1v) is 7.51. The molecule has 0 heterocycles. The summed E-state index contributed by atoms with van der Waals surface area (Å²) in [5.41, 5.74) is 1.48. The highest BCUT2D eigenvalue weighted by atomic mass is 79.9. The lowest BCUT2D eigenvalue weighted by Crippen LogP contribution is -2.26. The minimum absolute atomic E-state index is 0.153. The maximum Gasteiger partial charge on any atom is 0.255 e. The van der Waals surface area contributed by atoms with Crippen molar-refractivity contribution < 1.29 is 9.18 Å². The van der Waals surface area contributed by atoms with Crippen LogP contribution in [0.5, 0.6) is 0 Å². The van der Waals surface area contributed by atoms with Crippen LogP contribution in [0.2, 0.25) is 0 Å². The van der Waals surface area contributed by atoms with E-state index in [4.69, 9.17) is 0 Å². The highest BCUT2D eigenvalue weighted by Gasteiger charge is 2.15. The van der Waals surface area contributed by atoms with Gasteiger partial charge in [-0.2, -0.15) is 0 Å². The molecule has 0 saturated heterocycles. The van der Waals surface area contributed by atoms with Crippen LogP contribution >= 0.6 is 31.9 Å². The predicted molar refractivity (Wildman–Crippen MR) is 84.0 cm³/mol. The van der Waals surface area contributed by atoms with Crippen LogP contribution in [0.4, 0.5) is 4.39 Å². The van der Waals surface area contributed by atoms with Gasteiger partial charge in [0.1, 0.15) is 5.82 Å². The number of halogens is 3. The van der Waals surface area contributed by atoms with Gasteiger partial charge in [0.05, 0.1) is 5.56 Å². The van der Waals surface area contributed by atoms with Crippen molar-refractivity contribution in [1.29, 1.82) is 0 Å². The fourth-order valence-electron chi connectivity index (χ4n) is 1.80. The summed E-state index contributed by atoms with van der Waals surface area (Å²) in [5, 5.41) is 0. The standard InChI is InChI=1S/C15H12Br2FNO/c1-19(9-10-2-4-11(16)5-3-10)15(20)13-7-6-12(18)8-14(13)17/h2-8H,9H2,1H3. The van der Waals surface area contributed by atoms with Gasteiger partial charge < -0.3 is 4.90 Å². The summed E-state index contributed by atoms with van der Waals surface area (Å²) in [6.45, 7) is 0.496. The highest BCUT2D eigenvalue weighted by molar-refractivity contribution is 9.10. The summed E-state index contributed by atoms with van der Waals surface area (Å²) in [6, 6.07) is 11.8. The zero-order valence-corrected chi connectivity index (χ0v) is 13.9. The van der Waals surface area contributed by atoms with E-state index in [2.05, 4.69) is 31.9 Å². The number of carbonyl (C=O) groups excluding carboxylic acids is 1. The van der Waals surface area contributed by atoms with Crippen molar-refractivity contribution in [2.75, 3.05) is 7.05 Å². The van der Waals surface area contributed by atoms with E-state index in [0.717, 1.165) is 10.0 Å². The molecule has 2 nitrogen and oxygen atoms in total. The summed E-state index contributed by atoms with van der Waals surface area (Å²) >= 11 is 6.59. The van der Waals surface area contributed by atoms with E-state index in [1.165, 1.54) is 18.2 Å². The SMILES string of the molecule is CN(Cc1ccc(Br)cc1)C(=O)c1ccc(F)cc1Br. The normalized spacial score (nSPS) is 10.4. The van der Waals surface area contributed by atoms with Crippen LogP contribution in [0.3, 0.4) is 0 Å². The van der Waals surface area contributed by atoms with Crippen LogP contribution in [0.1, 0.15) is 15.9 Å². The van der Waals surface area contributed by atoms with Crippen LogP contribution in [-0.4, -0.2) is 17.9 Å². The molecule has 2 aromatic rings. The third-order valence-electron chi connectivity index (χ3n) is 2.84. The molecule has 0 bridgehead atoms. The molecule has 0 aliphatic carbocycles. The van der Waals surface area contributed by atoms with Gasteiger partial charge >= 0.3 is 0 Å². The minimum Gasteiger partial charge on any atom is -0.337 e. The Morgan fingerprint density at radius 2 is 1.80 bits per heavy atom. The fourth-order valence-corrected chi connectivity index (χ4v) is 2.59. The molecule has 20 heavy (non-hydrogen) atoms. The van der Waals surface area contributed by atoms with Gasteiger partial charge in [0.15, 0.2) is 0 Å². The molecule has 5 heteroatoms. The van der Waals surface area contributed by atoms with Crippen molar-refractivity contribution >= 4 is 37.8 Å². The molecule has 2 rings (SSSR count). The number of amides is 1. The second kappa shape index (κ2) is 6.50. The molecule has 0 N–H and O–H groups in total. The van der Waals surface area contributed by atoms with Crippen LogP contribution in [0.15, 0.2) is 51.4 Å². The van der Waals surface area contributed by atoms with E-state index in [1.54, 1.807) is 11.9 Å². The molecule has 2 aromatic carbocycles. The Bertz CT molecular complexity index is 628. The second-order valence-electron chi connectivity index (χ2n) is 4.41. The lowest BCUT2D eigenvalue weighted by molar-refractivity contribution is 0.0784. The van der Waals surface area contributed by atoms with Crippen LogP contribution in [0.25, 0.3) is 0 Å². The zero-order chi connectivity index (χ0) is 14.7. The van der Waals surface area contributed by atoms with Crippen molar-refractivity contribution in [3.63, 3.8) is 0 Å². The monoisotopic (exact) mass is 399 g/mol. The molecular weight excluding hydrogens is 389 g/mol. The number of nitrogens with zero attached hydrogens (tertiary/aromatic N) is 1. The Hall–Kier alpha value is -1.20. The molecule has 0 aliphatic heterocycles. The van der Waals surface area contributed by atoms with Gasteiger partial charge in [0, 0.05) is 22.5 Å². The van der Waals surface area contributed by atoms with Gasteiger partial charge in [-0.25, -0.2) is 4.39 Å². The summed E-state index contributed by atoms with van der Waals surface area (Å²) < 4.78 is 14.5. The Kier molecular flexibility index (Phi) is 4.94. The van der Waals surface area contributed by atoms with Crippen LogP contribution in [-0.2, 0) is 6.54 Å². The maximum atomic E-state index is 13.0. The molecule has 104 valence electrons. The smallest absolute Gasteiger partial charge is 0.255 e. The third-order valence-corrected chi connectivity index (χ3v) is 4.03. The number of benzene rings is 2. The van der Waals surface area contributed by atoms with Gasteiger partial charge in [-0.05, 0) is 51.8 Å². The summed E-state index contributed by atoms with van der Waals surface area (Å²) in [6.07, 6.45) is 0. The van der Waals surface area contributed by atoms with E-state index in [1.807, 2.05) is 24.3 Å². The average molecular weight is 401 g/mol. The van der Waals surface area contributed by atoms with Gasteiger partial charge in [-0.1, -0.05) is 28.1 Å². The molecule has 0 unspecified atom stereocenters. The lowest BCUT2D eigenvalue weighted by Gasteiger charge is -2.18. The second-order valence-corrected chi connectivity index (χ2v) is 6.18. The Labute approximate surface area is 133 Å². The molecule has 0 radical (unpaired) electrons. The predicted octanol–water partition coefficient (Wildman–Crippen LogP) is 4.62. The minimum atomic E-state index is -0.371. The van der Waals surface area contributed by atoms with E-state index < -0.39 is 0 Å². The lowest BCUT2D eigenvalue weighted by atomic mass is 10.1. The molecule has 0 aromatic heterocycles. The average Bonchev–Trinajstić information content (AvgIpc) is 2.40. The maximum absolute atomic E-state index is 13.0. The molecule has 0 fully saturated rings. The number of carbonyl (C=O) groups is 1. The van der Waals surface area contributed by atoms with E-state index in [9.17, 15) is 9.18 Å². The first kappa shape index (κ1) is 15.2. The first-order valence-electron chi connectivity index (χ1n) is 5.92. The fraction of sp³-hybridized carbons (Fsp3) is 0.133. The molecule has 0 saturated carbocycles. The summed E-state index contributed by atoms with van der Waals surface area (Å²) in [4.78, 5) is 13.9. The summed E-state index contributed by atoms with van der Waals surface area (Å²) in [5.74, 6) is -0.524. The van der Waals surface area contributed by atoms with Crippen LogP contribution < -0.4 is 0 Å². The van der Waals surface area contributed by atoms with Gasteiger partial charge in [0.25, 0.3) is 5.91 Å². The first-order chi connectivity index (χ1) is 9.47. The van der Waals surface area contributed by atoms with Crippen molar-refractivity contribution in [3.8, 4) is 0 Å². The van der Waals surface area contributed by atoms with Gasteiger partial charge in [-0.15, -0.1) is 0 Å². The Morgan fingerprint density at radius 1 is 1.15 bits per heavy atom. The van der Waals surface area contributed by atoms with Crippen molar-refractivity contribution in [1.82, 2.24) is 4.90 Å². The summed E-state index contributed by atoms with van der Waals surface area (Å²) in [7, 11) is 1.72. The molecule has 1 amide bonds. The third kappa shape index (κ3) is 3.67. The van der Waals surface area contributed by atoms with Gasteiger partial charge in [0.2, 0.25) is 0 Å². The molecule has 0 atom stereocenters. The van der Waals surface area contributed by atoms with Crippen molar-refractivity contribution in [3.05, 3.63) is 68.4 Å². The molecule has 0 aliphatic rings.